The molecular formula is C30H24O6. The summed E-state index contributed by atoms with van der Waals surface area (Å²) in [5.74, 6) is 1.13. The van der Waals surface area contributed by atoms with Gasteiger partial charge in [-0.05, 0) is 83.9 Å². The van der Waals surface area contributed by atoms with Gasteiger partial charge < -0.3 is 18.9 Å². The molecule has 4 aromatic rings. The highest BCUT2D eigenvalue weighted by molar-refractivity contribution is 5.93. The van der Waals surface area contributed by atoms with Gasteiger partial charge in [0.2, 0.25) is 0 Å². The van der Waals surface area contributed by atoms with Crippen LogP contribution in [-0.2, 0) is 0 Å². The molecule has 4 rings (SSSR count). The molecule has 0 amide bonds. The van der Waals surface area contributed by atoms with Crippen LogP contribution in [0.4, 0.5) is 0 Å². The largest absolute Gasteiger partial charge is 0.497 e. The van der Waals surface area contributed by atoms with E-state index in [0.717, 1.165) is 16.9 Å². The standard InChI is InChI=1S/C30H24O6/c1-3-20-34-26-12-8-22(9-13-26)21-4-6-23(7-5-21)29(31)35-27-14-10-24(11-15-27)30(32)36-28-18-16-25(33-2)17-19-28/h3-19H,1,20H2,2H3. The first kappa shape index (κ1) is 24.3. The summed E-state index contributed by atoms with van der Waals surface area (Å²) in [7, 11) is 1.56. The van der Waals surface area contributed by atoms with E-state index in [1.165, 1.54) is 0 Å². The van der Waals surface area contributed by atoms with Gasteiger partial charge in [0.1, 0.15) is 29.6 Å². The van der Waals surface area contributed by atoms with Crippen molar-refractivity contribution in [2.75, 3.05) is 13.7 Å². The molecule has 0 spiro atoms. The van der Waals surface area contributed by atoms with E-state index in [1.807, 2.05) is 36.4 Å². The molecule has 0 fully saturated rings. The van der Waals surface area contributed by atoms with Crippen molar-refractivity contribution in [3.63, 3.8) is 0 Å². The molecule has 6 nitrogen and oxygen atoms in total. The molecule has 0 aliphatic rings. The van der Waals surface area contributed by atoms with Crippen LogP contribution in [0.25, 0.3) is 11.1 Å². The molecule has 0 N–H and O–H groups in total. The van der Waals surface area contributed by atoms with Crippen molar-refractivity contribution in [2.45, 2.75) is 0 Å². The lowest BCUT2D eigenvalue weighted by atomic mass is 10.0. The van der Waals surface area contributed by atoms with E-state index in [-0.39, 0.29) is 0 Å². The van der Waals surface area contributed by atoms with Gasteiger partial charge in [0, 0.05) is 0 Å². The molecule has 0 saturated carbocycles. The lowest BCUT2D eigenvalue weighted by molar-refractivity contribution is 0.0730. The summed E-state index contributed by atoms with van der Waals surface area (Å²) in [5.41, 5.74) is 2.70. The number of esters is 2. The van der Waals surface area contributed by atoms with Crippen LogP contribution in [-0.4, -0.2) is 25.7 Å². The van der Waals surface area contributed by atoms with Crippen molar-refractivity contribution in [1.29, 1.82) is 0 Å². The second-order valence-corrected chi connectivity index (χ2v) is 7.68. The maximum atomic E-state index is 12.6. The van der Waals surface area contributed by atoms with E-state index < -0.39 is 11.9 Å². The zero-order chi connectivity index (χ0) is 25.3. The summed E-state index contributed by atoms with van der Waals surface area (Å²) in [6.07, 6.45) is 1.69. The minimum atomic E-state index is -0.520. The van der Waals surface area contributed by atoms with Gasteiger partial charge in [-0.25, -0.2) is 9.59 Å². The second kappa shape index (κ2) is 11.5. The molecule has 0 unspecified atom stereocenters. The Labute approximate surface area is 209 Å². The van der Waals surface area contributed by atoms with Gasteiger partial charge in [-0.2, -0.15) is 0 Å². The third-order valence-corrected chi connectivity index (χ3v) is 5.25. The highest BCUT2D eigenvalue weighted by atomic mass is 16.5. The number of carbonyl (C=O) groups excluding carboxylic acids is 2. The van der Waals surface area contributed by atoms with Crippen LogP contribution in [0.1, 0.15) is 20.7 Å². The molecule has 0 heterocycles. The number of rotatable bonds is 9. The highest BCUT2D eigenvalue weighted by Gasteiger charge is 2.12. The van der Waals surface area contributed by atoms with Gasteiger partial charge in [-0.1, -0.05) is 36.9 Å². The fourth-order valence-electron chi connectivity index (χ4n) is 3.33. The molecule has 0 aliphatic heterocycles. The first-order chi connectivity index (χ1) is 17.6. The molecule has 0 aromatic heterocycles. The van der Waals surface area contributed by atoms with Crippen LogP contribution in [0, 0.1) is 0 Å². The molecule has 36 heavy (non-hydrogen) atoms. The number of carbonyl (C=O) groups is 2. The number of ether oxygens (including phenoxy) is 4. The summed E-state index contributed by atoms with van der Waals surface area (Å²) < 4.78 is 21.4. The van der Waals surface area contributed by atoms with Crippen molar-refractivity contribution in [3.05, 3.63) is 121 Å². The summed E-state index contributed by atoms with van der Waals surface area (Å²) >= 11 is 0. The average molecular weight is 481 g/mol. The lowest BCUT2D eigenvalue weighted by Gasteiger charge is -2.08. The molecule has 0 saturated heterocycles. The van der Waals surface area contributed by atoms with Gasteiger partial charge in [0.15, 0.2) is 0 Å². The topological polar surface area (TPSA) is 71.1 Å². The molecular weight excluding hydrogens is 456 g/mol. The molecule has 6 heteroatoms. The van der Waals surface area contributed by atoms with E-state index >= 15 is 0 Å². The van der Waals surface area contributed by atoms with Crippen LogP contribution < -0.4 is 18.9 Å². The van der Waals surface area contributed by atoms with Crippen molar-refractivity contribution >= 4 is 11.9 Å². The average Bonchev–Trinajstić information content (AvgIpc) is 2.93. The Morgan fingerprint density at radius 3 is 1.47 bits per heavy atom. The number of methoxy groups -OCH3 is 1. The predicted octanol–water partition coefficient (Wildman–Crippen LogP) is 6.37. The van der Waals surface area contributed by atoms with E-state index in [1.54, 1.807) is 73.8 Å². The molecule has 0 radical (unpaired) electrons. The monoisotopic (exact) mass is 480 g/mol. The third-order valence-electron chi connectivity index (χ3n) is 5.25. The minimum absolute atomic E-state index is 0.320. The maximum absolute atomic E-state index is 12.6. The van der Waals surface area contributed by atoms with Crippen molar-refractivity contribution in [1.82, 2.24) is 0 Å². The smallest absolute Gasteiger partial charge is 0.343 e. The fourth-order valence-corrected chi connectivity index (χ4v) is 3.33. The Balaban J connectivity index is 1.34. The molecule has 0 bridgehead atoms. The van der Waals surface area contributed by atoms with Gasteiger partial charge >= 0.3 is 11.9 Å². The van der Waals surface area contributed by atoms with Crippen LogP contribution >= 0.6 is 0 Å². The SMILES string of the molecule is C=CCOc1ccc(-c2ccc(C(=O)Oc3ccc(C(=O)Oc4ccc(OC)cc4)cc3)cc2)cc1. The molecule has 0 aliphatic carbocycles. The van der Waals surface area contributed by atoms with Gasteiger partial charge in [0.05, 0.1) is 18.2 Å². The van der Waals surface area contributed by atoms with E-state index in [2.05, 4.69) is 6.58 Å². The van der Waals surface area contributed by atoms with Gasteiger partial charge in [-0.3, -0.25) is 0 Å². The zero-order valence-corrected chi connectivity index (χ0v) is 19.7. The Kier molecular flexibility index (Phi) is 7.78. The van der Waals surface area contributed by atoms with Crippen LogP contribution in [0.5, 0.6) is 23.0 Å². The van der Waals surface area contributed by atoms with E-state index in [0.29, 0.717) is 35.0 Å². The first-order valence-corrected chi connectivity index (χ1v) is 11.2. The number of hydrogen-bond donors (Lipinski definition) is 0. The highest BCUT2D eigenvalue weighted by Crippen LogP contribution is 2.24. The van der Waals surface area contributed by atoms with Crippen molar-refractivity contribution < 1.29 is 28.5 Å². The van der Waals surface area contributed by atoms with Crippen LogP contribution in [0.2, 0.25) is 0 Å². The van der Waals surface area contributed by atoms with Crippen LogP contribution in [0.3, 0.4) is 0 Å². The Morgan fingerprint density at radius 1 is 0.611 bits per heavy atom. The Morgan fingerprint density at radius 2 is 1.00 bits per heavy atom. The summed E-state index contributed by atoms with van der Waals surface area (Å²) in [5, 5.41) is 0. The van der Waals surface area contributed by atoms with Crippen LogP contribution in [0.15, 0.2) is 110 Å². The lowest BCUT2D eigenvalue weighted by Crippen LogP contribution is -2.10. The second-order valence-electron chi connectivity index (χ2n) is 7.68. The molecule has 0 atom stereocenters. The summed E-state index contributed by atoms with van der Waals surface area (Å²) in [6, 6.07) is 27.7. The molecule has 180 valence electrons. The molecule has 4 aromatic carbocycles. The minimum Gasteiger partial charge on any atom is -0.497 e. The van der Waals surface area contributed by atoms with E-state index in [9.17, 15) is 9.59 Å². The fraction of sp³-hybridized carbons (Fsp3) is 0.0667. The van der Waals surface area contributed by atoms with E-state index in [4.69, 9.17) is 18.9 Å². The summed E-state index contributed by atoms with van der Waals surface area (Å²) in [4.78, 5) is 24.9. The quantitative estimate of drug-likeness (QED) is 0.158. The maximum Gasteiger partial charge on any atom is 0.343 e. The Hall–Kier alpha value is -4.84. The van der Waals surface area contributed by atoms with Crippen molar-refractivity contribution in [3.8, 4) is 34.1 Å². The van der Waals surface area contributed by atoms with Crippen molar-refractivity contribution in [2.24, 2.45) is 0 Å². The third kappa shape index (κ3) is 6.18. The summed E-state index contributed by atoms with van der Waals surface area (Å²) in [6.45, 7) is 4.09. The normalized spacial score (nSPS) is 10.2. The van der Waals surface area contributed by atoms with Gasteiger partial charge in [-0.15, -0.1) is 0 Å². The number of benzene rings is 4. The van der Waals surface area contributed by atoms with Gasteiger partial charge in [0.25, 0.3) is 0 Å². The first-order valence-electron chi connectivity index (χ1n) is 11.2. The zero-order valence-electron chi connectivity index (χ0n) is 19.7. The Bertz CT molecular complexity index is 1320. The predicted molar refractivity (Wildman–Crippen MR) is 137 cm³/mol. The number of hydrogen-bond acceptors (Lipinski definition) is 6.